The number of carbonyl (C=O) groups excluding carboxylic acids is 2. The van der Waals surface area contributed by atoms with Gasteiger partial charge in [0.05, 0.1) is 17.2 Å². The highest BCUT2D eigenvalue weighted by atomic mass is 32.2. The normalized spacial score (nSPS) is 12.5. The molecular weight excluding hydrogens is 586 g/mol. The highest BCUT2D eigenvalue weighted by molar-refractivity contribution is 7.92. The van der Waals surface area contributed by atoms with Gasteiger partial charge >= 0.3 is 0 Å². The Morgan fingerprint density at radius 3 is 1.89 bits per heavy atom. The predicted octanol–water partition coefficient (Wildman–Crippen LogP) is 5.84. The summed E-state index contributed by atoms with van der Waals surface area (Å²) in [4.78, 5) is 29.8. The maximum absolute atomic E-state index is 14.5. The van der Waals surface area contributed by atoms with Crippen LogP contribution in [0.1, 0.15) is 38.3 Å². The van der Waals surface area contributed by atoms with Gasteiger partial charge in [-0.25, -0.2) is 8.42 Å². The van der Waals surface area contributed by atoms with E-state index in [-0.39, 0.29) is 29.8 Å². The summed E-state index contributed by atoms with van der Waals surface area (Å²) in [5.74, 6) is -0.250. The van der Waals surface area contributed by atoms with Gasteiger partial charge in [-0.2, -0.15) is 0 Å². The summed E-state index contributed by atoms with van der Waals surface area (Å²) in [7, 11) is -4.19. The minimum Gasteiger partial charge on any atom is -0.494 e. The first kappa shape index (κ1) is 33.3. The van der Waals surface area contributed by atoms with Crippen molar-refractivity contribution in [3.05, 3.63) is 126 Å². The molecule has 2 atom stereocenters. The standard InChI is InChI=1S/C36H41N3O5S/c1-4-28(3)37-36(41)34(25-29-15-9-6-10-16-29)38(26-30-17-11-7-12-18-30)35(40)27-39(31-19-13-8-14-20-31)45(42,43)33-23-21-32(22-24-33)44-5-2/h6-24,28,34H,4-5,25-27H2,1-3H3,(H,37,41)/t28-,34+/m0/s1. The fraction of sp³-hybridized carbons (Fsp3) is 0.278. The summed E-state index contributed by atoms with van der Waals surface area (Å²) in [6.07, 6.45) is 0.983. The van der Waals surface area contributed by atoms with Crippen LogP contribution in [-0.2, 0) is 32.6 Å². The van der Waals surface area contributed by atoms with Crippen molar-refractivity contribution in [1.82, 2.24) is 10.2 Å². The summed E-state index contributed by atoms with van der Waals surface area (Å²) in [6, 6.07) is 32.6. The van der Waals surface area contributed by atoms with Crippen molar-refractivity contribution in [2.45, 2.75) is 57.1 Å². The van der Waals surface area contributed by atoms with E-state index in [4.69, 9.17) is 4.74 Å². The molecule has 0 fully saturated rings. The lowest BCUT2D eigenvalue weighted by Gasteiger charge is -2.34. The molecule has 4 aromatic carbocycles. The zero-order valence-corrected chi connectivity index (χ0v) is 26.8. The number of rotatable bonds is 15. The SMILES string of the molecule is CCOc1ccc(S(=O)(=O)N(CC(=O)N(Cc2ccccc2)[C@H](Cc2ccccc2)C(=O)N[C@@H](C)CC)c2ccccc2)cc1. The molecule has 0 aliphatic rings. The second-order valence-corrected chi connectivity index (χ2v) is 12.6. The fourth-order valence-corrected chi connectivity index (χ4v) is 6.31. The van der Waals surface area contributed by atoms with E-state index in [1.54, 1.807) is 42.5 Å². The van der Waals surface area contributed by atoms with Gasteiger partial charge in [-0.15, -0.1) is 0 Å². The van der Waals surface area contributed by atoms with E-state index in [1.165, 1.54) is 17.0 Å². The molecule has 236 valence electrons. The zero-order valence-electron chi connectivity index (χ0n) is 26.0. The van der Waals surface area contributed by atoms with Crippen molar-refractivity contribution in [1.29, 1.82) is 0 Å². The minimum atomic E-state index is -4.19. The number of carbonyl (C=O) groups is 2. The molecule has 0 aromatic heterocycles. The van der Waals surface area contributed by atoms with Crippen molar-refractivity contribution >= 4 is 27.5 Å². The minimum absolute atomic E-state index is 0.0209. The maximum atomic E-state index is 14.5. The number of anilines is 1. The Hall–Kier alpha value is -4.63. The molecule has 8 nitrogen and oxygen atoms in total. The van der Waals surface area contributed by atoms with Gasteiger partial charge in [-0.05, 0) is 67.8 Å². The Kier molecular flexibility index (Phi) is 11.8. The Morgan fingerprint density at radius 2 is 1.33 bits per heavy atom. The molecule has 2 amide bonds. The topological polar surface area (TPSA) is 96.0 Å². The highest BCUT2D eigenvalue weighted by Gasteiger charge is 2.35. The molecule has 0 aliphatic heterocycles. The van der Waals surface area contributed by atoms with E-state index in [1.807, 2.05) is 81.4 Å². The molecule has 0 saturated carbocycles. The third-order valence-electron chi connectivity index (χ3n) is 7.51. The molecule has 0 radical (unpaired) electrons. The number of amides is 2. The van der Waals surface area contributed by atoms with Crippen LogP contribution in [0.3, 0.4) is 0 Å². The van der Waals surface area contributed by atoms with Gasteiger partial charge < -0.3 is 15.0 Å². The number of ether oxygens (including phenoxy) is 1. The third-order valence-corrected chi connectivity index (χ3v) is 9.30. The van der Waals surface area contributed by atoms with Crippen molar-refractivity contribution in [3.63, 3.8) is 0 Å². The molecule has 4 aromatic rings. The summed E-state index contributed by atoms with van der Waals surface area (Å²) in [5.41, 5.74) is 2.04. The summed E-state index contributed by atoms with van der Waals surface area (Å²) < 4.78 is 34.9. The van der Waals surface area contributed by atoms with E-state index in [0.717, 1.165) is 21.9 Å². The van der Waals surface area contributed by atoms with Crippen LogP contribution in [0, 0.1) is 0 Å². The van der Waals surface area contributed by atoms with E-state index in [2.05, 4.69) is 5.32 Å². The quantitative estimate of drug-likeness (QED) is 0.179. The molecule has 0 saturated heterocycles. The largest absolute Gasteiger partial charge is 0.494 e. The van der Waals surface area contributed by atoms with Gasteiger partial charge in [-0.1, -0.05) is 85.8 Å². The van der Waals surface area contributed by atoms with Crippen molar-refractivity contribution < 1.29 is 22.7 Å². The third kappa shape index (κ3) is 8.95. The van der Waals surface area contributed by atoms with Crippen LogP contribution >= 0.6 is 0 Å². The lowest BCUT2D eigenvalue weighted by Crippen LogP contribution is -2.54. The molecule has 0 unspecified atom stereocenters. The average molecular weight is 628 g/mol. The van der Waals surface area contributed by atoms with E-state index < -0.39 is 28.5 Å². The Morgan fingerprint density at radius 1 is 0.778 bits per heavy atom. The number of nitrogens with one attached hydrogen (secondary N) is 1. The van der Waals surface area contributed by atoms with Gasteiger partial charge in [0.25, 0.3) is 10.0 Å². The van der Waals surface area contributed by atoms with Gasteiger partial charge in [0, 0.05) is 19.0 Å². The van der Waals surface area contributed by atoms with Gasteiger partial charge in [0.1, 0.15) is 18.3 Å². The Balaban J connectivity index is 1.76. The monoisotopic (exact) mass is 627 g/mol. The molecule has 4 rings (SSSR count). The second kappa shape index (κ2) is 15.9. The number of nitrogens with zero attached hydrogens (tertiary/aromatic N) is 2. The van der Waals surface area contributed by atoms with E-state index in [9.17, 15) is 18.0 Å². The van der Waals surface area contributed by atoms with Crippen molar-refractivity contribution in [2.24, 2.45) is 0 Å². The first-order valence-corrected chi connectivity index (χ1v) is 16.6. The highest BCUT2D eigenvalue weighted by Crippen LogP contribution is 2.26. The molecular formula is C36H41N3O5S. The van der Waals surface area contributed by atoms with Gasteiger partial charge in [-0.3, -0.25) is 13.9 Å². The van der Waals surface area contributed by atoms with Crippen LogP contribution in [-0.4, -0.2) is 50.4 Å². The Bertz CT molecular complexity index is 1620. The van der Waals surface area contributed by atoms with Crippen molar-refractivity contribution in [2.75, 3.05) is 17.5 Å². The molecule has 0 heterocycles. The van der Waals surface area contributed by atoms with Crippen LogP contribution in [0.2, 0.25) is 0 Å². The van der Waals surface area contributed by atoms with Gasteiger partial charge in [0.15, 0.2) is 0 Å². The summed E-state index contributed by atoms with van der Waals surface area (Å²) in [6.45, 7) is 5.81. The molecule has 0 aliphatic carbocycles. The van der Waals surface area contributed by atoms with E-state index in [0.29, 0.717) is 18.0 Å². The molecule has 0 spiro atoms. The summed E-state index contributed by atoms with van der Waals surface area (Å²) >= 11 is 0. The second-order valence-electron chi connectivity index (χ2n) is 10.8. The smallest absolute Gasteiger partial charge is 0.264 e. The number of sulfonamides is 1. The predicted molar refractivity (Wildman–Crippen MR) is 177 cm³/mol. The Labute approximate surface area is 266 Å². The van der Waals surface area contributed by atoms with E-state index >= 15 is 0 Å². The number of para-hydroxylation sites is 1. The van der Waals surface area contributed by atoms with Crippen LogP contribution in [0.15, 0.2) is 120 Å². The van der Waals surface area contributed by atoms with Crippen LogP contribution < -0.4 is 14.4 Å². The lowest BCUT2D eigenvalue weighted by molar-refractivity contribution is -0.140. The van der Waals surface area contributed by atoms with Crippen LogP contribution in [0.4, 0.5) is 5.69 Å². The molecule has 1 N–H and O–H groups in total. The van der Waals surface area contributed by atoms with Crippen molar-refractivity contribution in [3.8, 4) is 5.75 Å². The van der Waals surface area contributed by atoms with Crippen LogP contribution in [0.25, 0.3) is 0 Å². The van der Waals surface area contributed by atoms with Gasteiger partial charge in [0.2, 0.25) is 11.8 Å². The number of hydrogen-bond donors (Lipinski definition) is 1. The number of hydrogen-bond acceptors (Lipinski definition) is 5. The number of benzene rings is 4. The zero-order chi connectivity index (χ0) is 32.2. The molecule has 45 heavy (non-hydrogen) atoms. The summed E-state index contributed by atoms with van der Waals surface area (Å²) in [5, 5.41) is 3.05. The molecule has 9 heteroatoms. The molecule has 0 bridgehead atoms. The first-order chi connectivity index (χ1) is 21.7. The lowest BCUT2D eigenvalue weighted by atomic mass is 10.0. The van der Waals surface area contributed by atoms with Crippen LogP contribution in [0.5, 0.6) is 5.75 Å². The maximum Gasteiger partial charge on any atom is 0.264 e. The average Bonchev–Trinajstić information content (AvgIpc) is 3.06. The first-order valence-electron chi connectivity index (χ1n) is 15.2. The fourth-order valence-electron chi connectivity index (χ4n) is 4.90.